The van der Waals surface area contributed by atoms with Gasteiger partial charge in [0.25, 0.3) is 5.91 Å². The van der Waals surface area contributed by atoms with Crippen molar-refractivity contribution in [1.29, 1.82) is 0 Å². The molecule has 2 aromatic rings. The molecule has 0 spiro atoms. The molecule has 2 rings (SSSR count). The third-order valence-corrected chi connectivity index (χ3v) is 3.60. The van der Waals surface area contributed by atoms with Gasteiger partial charge in [0.2, 0.25) is 0 Å². The molecule has 8 heteroatoms. The van der Waals surface area contributed by atoms with Crippen LogP contribution >= 0.6 is 11.3 Å². The highest BCUT2D eigenvalue weighted by Crippen LogP contribution is 2.20. The first-order valence-electron chi connectivity index (χ1n) is 6.24. The van der Waals surface area contributed by atoms with E-state index in [9.17, 15) is 9.59 Å². The zero-order chi connectivity index (χ0) is 15.4. The molecule has 21 heavy (non-hydrogen) atoms. The minimum absolute atomic E-state index is 0.174. The van der Waals surface area contributed by atoms with Gasteiger partial charge in [-0.15, -0.1) is 11.3 Å². The molecule has 0 radical (unpaired) electrons. The molecule has 1 amide bonds. The summed E-state index contributed by atoms with van der Waals surface area (Å²) >= 11 is 1.25. The van der Waals surface area contributed by atoms with Crippen LogP contribution in [0.5, 0.6) is 0 Å². The van der Waals surface area contributed by atoms with Gasteiger partial charge in [0.05, 0.1) is 6.20 Å². The van der Waals surface area contributed by atoms with Gasteiger partial charge in [-0.2, -0.15) is 0 Å². The summed E-state index contributed by atoms with van der Waals surface area (Å²) in [7, 11) is 0. The first-order valence-corrected chi connectivity index (χ1v) is 7.12. The van der Waals surface area contributed by atoms with Crippen LogP contribution in [-0.4, -0.2) is 38.0 Å². The SMILES string of the molecule is CC(C)[C@H](NC(=O)c1csc(-c2cnccn2)n1)C(=O)O. The monoisotopic (exact) mass is 306 g/mol. The molecule has 2 heterocycles. The van der Waals surface area contributed by atoms with Crippen molar-refractivity contribution in [3.05, 3.63) is 29.7 Å². The van der Waals surface area contributed by atoms with Crippen LogP contribution in [0.15, 0.2) is 24.0 Å². The minimum atomic E-state index is -1.07. The average molecular weight is 306 g/mol. The molecular weight excluding hydrogens is 292 g/mol. The van der Waals surface area contributed by atoms with E-state index in [1.165, 1.54) is 17.5 Å². The number of hydrogen-bond acceptors (Lipinski definition) is 6. The van der Waals surface area contributed by atoms with Gasteiger partial charge in [0.15, 0.2) is 0 Å². The van der Waals surface area contributed by atoms with Crippen molar-refractivity contribution in [2.45, 2.75) is 19.9 Å². The summed E-state index contributed by atoms with van der Waals surface area (Å²) in [5, 5.41) is 13.7. The summed E-state index contributed by atoms with van der Waals surface area (Å²) in [4.78, 5) is 35.3. The topological polar surface area (TPSA) is 105 Å². The first kappa shape index (κ1) is 15.0. The van der Waals surface area contributed by atoms with Crippen LogP contribution in [0.1, 0.15) is 24.3 Å². The predicted octanol–water partition coefficient (Wildman–Crippen LogP) is 1.44. The van der Waals surface area contributed by atoms with Crippen molar-refractivity contribution in [2.75, 3.05) is 0 Å². The van der Waals surface area contributed by atoms with Gasteiger partial charge in [-0.25, -0.2) is 9.78 Å². The number of carboxylic acids is 1. The van der Waals surface area contributed by atoms with Crippen molar-refractivity contribution in [3.8, 4) is 10.7 Å². The molecule has 0 aliphatic heterocycles. The lowest BCUT2D eigenvalue weighted by Crippen LogP contribution is -2.44. The lowest BCUT2D eigenvalue weighted by Gasteiger charge is -2.16. The third-order valence-electron chi connectivity index (χ3n) is 2.74. The number of nitrogens with zero attached hydrogens (tertiary/aromatic N) is 3. The Morgan fingerprint density at radius 2 is 2.10 bits per heavy atom. The fraction of sp³-hybridized carbons (Fsp3) is 0.308. The number of thiazole rings is 1. The fourth-order valence-corrected chi connectivity index (χ4v) is 2.39. The maximum atomic E-state index is 12.0. The zero-order valence-corrected chi connectivity index (χ0v) is 12.3. The summed E-state index contributed by atoms with van der Waals surface area (Å²) in [6.45, 7) is 3.45. The van der Waals surface area contributed by atoms with Gasteiger partial charge in [-0.05, 0) is 5.92 Å². The van der Waals surface area contributed by atoms with E-state index in [2.05, 4.69) is 20.3 Å². The smallest absolute Gasteiger partial charge is 0.326 e. The molecule has 1 atom stereocenters. The number of nitrogens with one attached hydrogen (secondary N) is 1. The number of carbonyl (C=O) groups is 2. The van der Waals surface area contributed by atoms with Crippen molar-refractivity contribution in [2.24, 2.45) is 5.92 Å². The van der Waals surface area contributed by atoms with E-state index in [1.807, 2.05) is 0 Å². The Labute approximate surface area is 125 Å². The second-order valence-electron chi connectivity index (χ2n) is 4.66. The van der Waals surface area contributed by atoms with E-state index >= 15 is 0 Å². The van der Waals surface area contributed by atoms with Crippen LogP contribution < -0.4 is 5.32 Å². The van der Waals surface area contributed by atoms with Crippen molar-refractivity contribution < 1.29 is 14.7 Å². The highest BCUT2D eigenvalue weighted by molar-refractivity contribution is 7.13. The van der Waals surface area contributed by atoms with Crippen LogP contribution in [-0.2, 0) is 4.79 Å². The van der Waals surface area contributed by atoms with Crippen LogP contribution in [0.2, 0.25) is 0 Å². The number of amides is 1. The molecule has 2 N–H and O–H groups in total. The van der Waals surface area contributed by atoms with Gasteiger partial charge in [0, 0.05) is 17.8 Å². The maximum absolute atomic E-state index is 12.0. The Morgan fingerprint density at radius 1 is 1.33 bits per heavy atom. The van der Waals surface area contributed by atoms with E-state index in [1.54, 1.807) is 31.6 Å². The number of carboxylic acid groups (broad SMARTS) is 1. The quantitative estimate of drug-likeness (QED) is 0.866. The zero-order valence-electron chi connectivity index (χ0n) is 11.5. The van der Waals surface area contributed by atoms with E-state index in [4.69, 9.17) is 5.11 Å². The fourth-order valence-electron chi connectivity index (χ4n) is 1.63. The summed E-state index contributed by atoms with van der Waals surface area (Å²) in [6.07, 6.45) is 4.63. The van der Waals surface area contributed by atoms with Gasteiger partial charge < -0.3 is 10.4 Å². The van der Waals surface area contributed by atoms with Crippen LogP contribution in [0.25, 0.3) is 10.7 Å². The number of rotatable bonds is 5. The van der Waals surface area contributed by atoms with Crippen LogP contribution in [0.3, 0.4) is 0 Å². The van der Waals surface area contributed by atoms with E-state index < -0.39 is 17.9 Å². The molecular formula is C13H14N4O3S. The van der Waals surface area contributed by atoms with E-state index in [0.717, 1.165) is 0 Å². The number of carbonyl (C=O) groups excluding carboxylic acids is 1. The molecule has 110 valence electrons. The van der Waals surface area contributed by atoms with Gasteiger partial charge in [-0.3, -0.25) is 14.8 Å². The molecule has 0 aromatic carbocycles. The Balaban J connectivity index is 2.14. The molecule has 7 nitrogen and oxygen atoms in total. The largest absolute Gasteiger partial charge is 0.480 e. The standard InChI is InChI=1S/C13H14N4O3S/c1-7(2)10(13(19)20)17-11(18)9-6-21-12(16-9)8-5-14-3-4-15-8/h3-7,10H,1-2H3,(H,17,18)(H,19,20)/t10-/m0/s1. The lowest BCUT2D eigenvalue weighted by molar-refractivity contribution is -0.140. The average Bonchev–Trinajstić information content (AvgIpc) is 2.94. The molecule has 0 saturated heterocycles. The molecule has 0 saturated carbocycles. The molecule has 0 unspecified atom stereocenters. The summed E-state index contributed by atoms with van der Waals surface area (Å²) in [6, 6.07) is -0.945. The van der Waals surface area contributed by atoms with Crippen molar-refractivity contribution in [1.82, 2.24) is 20.3 Å². The van der Waals surface area contributed by atoms with Gasteiger partial charge >= 0.3 is 5.97 Å². The van der Waals surface area contributed by atoms with Crippen molar-refractivity contribution >= 4 is 23.2 Å². The second kappa shape index (κ2) is 6.40. The van der Waals surface area contributed by atoms with Gasteiger partial charge in [0.1, 0.15) is 22.4 Å². The lowest BCUT2D eigenvalue weighted by atomic mass is 10.0. The van der Waals surface area contributed by atoms with E-state index in [-0.39, 0.29) is 11.6 Å². The second-order valence-corrected chi connectivity index (χ2v) is 5.52. The molecule has 2 aromatic heterocycles. The highest BCUT2D eigenvalue weighted by atomic mass is 32.1. The molecule has 0 aliphatic carbocycles. The predicted molar refractivity (Wildman–Crippen MR) is 76.9 cm³/mol. The van der Waals surface area contributed by atoms with Crippen LogP contribution in [0.4, 0.5) is 0 Å². The minimum Gasteiger partial charge on any atom is -0.480 e. The Hall–Kier alpha value is -2.35. The highest BCUT2D eigenvalue weighted by Gasteiger charge is 2.25. The first-order chi connectivity index (χ1) is 9.99. The Kier molecular flexibility index (Phi) is 4.59. The van der Waals surface area contributed by atoms with E-state index in [0.29, 0.717) is 10.7 Å². The number of hydrogen-bond donors (Lipinski definition) is 2. The molecule has 0 aliphatic rings. The third kappa shape index (κ3) is 3.60. The normalized spacial score (nSPS) is 12.1. The van der Waals surface area contributed by atoms with Gasteiger partial charge in [-0.1, -0.05) is 13.8 Å². The number of aromatic nitrogens is 3. The Bertz CT molecular complexity index is 642. The molecule has 0 fully saturated rings. The summed E-state index contributed by atoms with van der Waals surface area (Å²) in [5.41, 5.74) is 0.743. The summed E-state index contributed by atoms with van der Waals surface area (Å²) in [5.74, 6) is -1.80. The summed E-state index contributed by atoms with van der Waals surface area (Å²) < 4.78 is 0. The van der Waals surface area contributed by atoms with Crippen molar-refractivity contribution in [3.63, 3.8) is 0 Å². The molecule has 0 bridgehead atoms. The Morgan fingerprint density at radius 3 is 2.67 bits per heavy atom. The maximum Gasteiger partial charge on any atom is 0.326 e. The number of aliphatic carboxylic acids is 1. The van der Waals surface area contributed by atoms with Crippen LogP contribution in [0, 0.1) is 5.92 Å².